The number of rotatable bonds is 13. The molecule has 2 aromatic heterocycles. The Kier molecular flexibility index (Phi) is 10.8. The average Bonchev–Trinajstić information content (AvgIpc) is 3.65. The Morgan fingerprint density at radius 1 is 1.12 bits per heavy atom. The lowest BCUT2D eigenvalue weighted by molar-refractivity contribution is -0.116. The van der Waals surface area contributed by atoms with Gasteiger partial charge in [-0.25, -0.2) is 18.2 Å². The third kappa shape index (κ3) is 8.57. The van der Waals surface area contributed by atoms with Crippen molar-refractivity contribution in [2.24, 2.45) is 5.92 Å². The monoisotopic (exact) mass is 645 g/mol. The number of nitrogens with one attached hydrogen (secondary N) is 1. The molecule has 0 radical (unpaired) electrons. The molecule has 11 nitrogen and oxygen atoms in total. The number of amides is 2. The molecule has 43 heavy (non-hydrogen) atoms. The first-order chi connectivity index (χ1) is 20.4. The number of fused-ring (bicyclic) bond motifs is 1. The Balaban J connectivity index is 1.57. The first kappa shape index (κ1) is 32.5. The van der Waals surface area contributed by atoms with Crippen LogP contribution in [0, 0.1) is 5.92 Å². The number of aromatic nitrogens is 2. The van der Waals surface area contributed by atoms with Crippen molar-refractivity contribution in [3.05, 3.63) is 70.7 Å². The van der Waals surface area contributed by atoms with Gasteiger partial charge in [-0.3, -0.25) is 14.7 Å². The van der Waals surface area contributed by atoms with Crippen molar-refractivity contribution in [3.8, 4) is 0 Å². The van der Waals surface area contributed by atoms with Crippen LogP contribution in [0.15, 0.2) is 65.1 Å². The van der Waals surface area contributed by atoms with Gasteiger partial charge in [-0.2, -0.15) is 4.31 Å². The number of thiazole rings is 2. The van der Waals surface area contributed by atoms with Crippen LogP contribution in [0.1, 0.15) is 31.2 Å². The van der Waals surface area contributed by atoms with Gasteiger partial charge < -0.3 is 15.2 Å². The fourth-order valence-electron chi connectivity index (χ4n) is 4.29. The lowest BCUT2D eigenvalue weighted by Gasteiger charge is -2.30. The standard InChI is InChI=1S/C29H35N5O6S3/c1-19(2)15-34(43(38,39)23-10-11-24-27(13-23)42-28(31-24)33(4)20(3)35)16-26(36)25(12-21-8-6-5-7-9-21)32-29(37)40-17-22-14-30-18-41-22/h5-11,13-14,18-19,25-26,36H,12,15-17H2,1-4H3,(H,32,37)/t25-,26+/m0/s1. The van der Waals surface area contributed by atoms with Crippen molar-refractivity contribution in [2.45, 2.75) is 50.8 Å². The van der Waals surface area contributed by atoms with Gasteiger partial charge in [0.1, 0.15) is 6.61 Å². The molecule has 0 aliphatic rings. The summed E-state index contributed by atoms with van der Waals surface area (Å²) in [5.74, 6) is -0.232. The normalized spacial score (nSPS) is 13.3. The maximum Gasteiger partial charge on any atom is 0.407 e. The maximum absolute atomic E-state index is 14.0. The third-order valence-corrected chi connectivity index (χ3v) is 10.3. The van der Waals surface area contributed by atoms with Crippen molar-refractivity contribution in [2.75, 3.05) is 25.0 Å². The van der Waals surface area contributed by atoms with E-state index in [0.717, 1.165) is 10.4 Å². The van der Waals surface area contributed by atoms with Gasteiger partial charge in [-0.15, -0.1) is 11.3 Å². The minimum absolute atomic E-state index is 0.0302. The number of carbonyl (C=O) groups is 2. The number of aliphatic hydroxyl groups is 1. The quantitative estimate of drug-likeness (QED) is 0.220. The van der Waals surface area contributed by atoms with Gasteiger partial charge in [-0.05, 0) is 36.1 Å². The molecule has 2 N–H and O–H groups in total. The summed E-state index contributed by atoms with van der Waals surface area (Å²) < 4.78 is 35.1. The molecule has 0 bridgehead atoms. The Hall–Kier alpha value is -3.43. The lowest BCUT2D eigenvalue weighted by Crippen LogP contribution is -2.51. The van der Waals surface area contributed by atoms with Crippen LogP contribution in [0.4, 0.5) is 9.93 Å². The second-order valence-electron chi connectivity index (χ2n) is 10.5. The van der Waals surface area contributed by atoms with Crippen LogP contribution in [0.25, 0.3) is 10.2 Å². The lowest BCUT2D eigenvalue weighted by atomic mass is 10.0. The van der Waals surface area contributed by atoms with Gasteiger partial charge in [0.25, 0.3) is 0 Å². The highest BCUT2D eigenvalue weighted by Crippen LogP contribution is 2.31. The summed E-state index contributed by atoms with van der Waals surface area (Å²) in [4.78, 5) is 35.1. The SMILES string of the molecule is CC(=O)N(C)c1nc2ccc(S(=O)(=O)N(CC(C)C)C[C@@H](O)[C@H](Cc3ccccc3)NC(=O)OCc3cncs3)cc2s1. The molecule has 0 saturated heterocycles. The number of anilines is 1. The van der Waals surface area contributed by atoms with E-state index in [1.165, 1.54) is 50.9 Å². The van der Waals surface area contributed by atoms with E-state index in [2.05, 4.69) is 15.3 Å². The molecule has 4 rings (SSSR count). The van der Waals surface area contributed by atoms with Crippen LogP contribution in [-0.2, 0) is 32.6 Å². The zero-order valence-corrected chi connectivity index (χ0v) is 26.8. The minimum atomic E-state index is -4.06. The summed E-state index contributed by atoms with van der Waals surface area (Å²) in [5.41, 5.74) is 3.07. The number of aliphatic hydroxyl groups excluding tert-OH is 1. The fraction of sp³-hybridized carbons (Fsp3) is 0.379. The number of ether oxygens (including phenoxy) is 1. The third-order valence-electron chi connectivity index (χ3n) is 6.60. The van der Waals surface area contributed by atoms with Crippen molar-refractivity contribution in [3.63, 3.8) is 0 Å². The molecule has 0 aliphatic heterocycles. The average molecular weight is 646 g/mol. The number of carbonyl (C=O) groups excluding carboxylic acids is 2. The van der Waals surface area contributed by atoms with Gasteiger partial charge in [0, 0.05) is 33.3 Å². The molecule has 14 heteroatoms. The molecule has 0 saturated carbocycles. The molecule has 2 heterocycles. The molecule has 2 amide bonds. The van der Waals surface area contributed by atoms with E-state index >= 15 is 0 Å². The highest BCUT2D eigenvalue weighted by atomic mass is 32.2. The van der Waals surface area contributed by atoms with Gasteiger partial charge in [-0.1, -0.05) is 55.5 Å². The smallest absolute Gasteiger partial charge is 0.407 e. The minimum Gasteiger partial charge on any atom is -0.444 e. The van der Waals surface area contributed by atoms with E-state index < -0.39 is 28.3 Å². The molecule has 2 atom stereocenters. The molecule has 0 aliphatic carbocycles. The second kappa shape index (κ2) is 14.4. The topological polar surface area (TPSA) is 142 Å². The van der Waals surface area contributed by atoms with E-state index in [1.54, 1.807) is 24.8 Å². The van der Waals surface area contributed by atoms with Crippen LogP contribution in [0.5, 0.6) is 0 Å². The summed E-state index contributed by atoms with van der Waals surface area (Å²) in [6, 6.07) is 13.1. The number of hydrogen-bond donors (Lipinski definition) is 2. The van der Waals surface area contributed by atoms with E-state index in [-0.39, 0.29) is 42.8 Å². The van der Waals surface area contributed by atoms with Crippen LogP contribution in [0.2, 0.25) is 0 Å². The molecule has 2 aromatic carbocycles. The maximum atomic E-state index is 14.0. The van der Waals surface area contributed by atoms with E-state index in [4.69, 9.17) is 4.74 Å². The Bertz CT molecular complexity index is 1630. The Labute approximate surface area is 259 Å². The zero-order valence-electron chi connectivity index (χ0n) is 24.3. The molecule has 0 unspecified atom stereocenters. The number of nitrogens with zero attached hydrogens (tertiary/aromatic N) is 4. The molecule has 0 fully saturated rings. The molecular formula is C29H35N5O6S3. The molecule has 230 valence electrons. The van der Waals surface area contributed by atoms with Gasteiger partial charge in [0.05, 0.1) is 37.6 Å². The molecular weight excluding hydrogens is 611 g/mol. The second-order valence-corrected chi connectivity index (χ2v) is 14.4. The Morgan fingerprint density at radius 2 is 1.86 bits per heavy atom. The fourth-order valence-corrected chi connectivity index (χ4v) is 7.53. The van der Waals surface area contributed by atoms with E-state index in [1.807, 2.05) is 44.2 Å². The summed E-state index contributed by atoms with van der Waals surface area (Å²) in [6.07, 6.45) is -0.122. The summed E-state index contributed by atoms with van der Waals surface area (Å²) in [7, 11) is -2.45. The zero-order chi connectivity index (χ0) is 31.1. The number of alkyl carbamates (subject to hydrolysis) is 1. The van der Waals surface area contributed by atoms with Crippen molar-refractivity contribution >= 4 is 60.0 Å². The van der Waals surface area contributed by atoms with Crippen LogP contribution >= 0.6 is 22.7 Å². The summed E-state index contributed by atoms with van der Waals surface area (Å²) in [5, 5.41) is 14.6. The highest BCUT2D eigenvalue weighted by Gasteiger charge is 2.32. The van der Waals surface area contributed by atoms with Crippen LogP contribution in [0.3, 0.4) is 0 Å². The molecule has 0 spiro atoms. The number of hydrogen-bond acceptors (Lipinski definition) is 10. The number of benzene rings is 2. The predicted molar refractivity (Wildman–Crippen MR) is 168 cm³/mol. The van der Waals surface area contributed by atoms with Crippen molar-refractivity contribution in [1.29, 1.82) is 0 Å². The van der Waals surface area contributed by atoms with Crippen LogP contribution in [-0.4, -0.2) is 72.1 Å². The van der Waals surface area contributed by atoms with Gasteiger partial charge in [0.15, 0.2) is 5.13 Å². The summed E-state index contributed by atoms with van der Waals surface area (Å²) in [6.45, 7) is 5.13. The first-order valence-corrected chi connectivity index (χ1v) is 16.8. The first-order valence-electron chi connectivity index (χ1n) is 13.6. The predicted octanol–water partition coefficient (Wildman–Crippen LogP) is 4.28. The molecule has 4 aromatic rings. The summed E-state index contributed by atoms with van der Waals surface area (Å²) >= 11 is 2.57. The largest absolute Gasteiger partial charge is 0.444 e. The van der Waals surface area contributed by atoms with Gasteiger partial charge in [0.2, 0.25) is 15.9 Å². The van der Waals surface area contributed by atoms with E-state index in [0.29, 0.717) is 15.3 Å². The highest BCUT2D eigenvalue weighted by molar-refractivity contribution is 7.89. The Morgan fingerprint density at radius 3 is 2.51 bits per heavy atom. The van der Waals surface area contributed by atoms with Crippen molar-refractivity contribution < 1.29 is 27.9 Å². The van der Waals surface area contributed by atoms with Crippen LogP contribution < -0.4 is 10.2 Å². The van der Waals surface area contributed by atoms with Gasteiger partial charge >= 0.3 is 6.09 Å². The number of sulfonamides is 1. The van der Waals surface area contributed by atoms with E-state index in [9.17, 15) is 23.1 Å². The van der Waals surface area contributed by atoms with Crippen molar-refractivity contribution in [1.82, 2.24) is 19.6 Å².